The van der Waals surface area contributed by atoms with Gasteiger partial charge < -0.3 is 14.8 Å². The van der Waals surface area contributed by atoms with Crippen molar-refractivity contribution in [3.8, 4) is 0 Å². The molecule has 8 heteroatoms. The Labute approximate surface area is 179 Å². The van der Waals surface area contributed by atoms with Gasteiger partial charge in [-0.1, -0.05) is 6.07 Å². The van der Waals surface area contributed by atoms with Crippen molar-refractivity contribution in [2.45, 2.75) is 51.1 Å². The van der Waals surface area contributed by atoms with Gasteiger partial charge in [-0.25, -0.2) is 9.37 Å². The van der Waals surface area contributed by atoms with Gasteiger partial charge in [-0.2, -0.15) is 0 Å². The first-order chi connectivity index (χ1) is 15.0. The maximum absolute atomic E-state index is 13.6. The molecule has 3 aliphatic rings. The molecule has 1 aromatic heterocycles. The zero-order valence-electron chi connectivity index (χ0n) is 17.3. The summed E-state index contributed by atoms with van der Waals surface area (Å²) in [5.41, 5.74) is 1.31. The van der Waals surface area contributed by atoms with Crippen LogP contribution in [0.5, 0.6) is 0 Å². The smallest absolute Gasteiger partial charge is 0.256 e. The van der Waals surface area contributed by atoms with Crippen molar-refractivity contribution in [2.75, 3.05) is 13.1 Å². The molecule has 1 saturated carbocycles. The van der Waals surface area contributed by atoms with E-state index in [2.05, 4.69) is 4.98 Å². The van der Waals surface area contributed by atoms with Crippen LogP contribution < -0.4 is 5.56 Å². The van der Waals surface area contributed by atoms with Crippen molar-refractivity contribution in [2.24, 2.45) is 5.92 Å². The van der Waals surface area contributed by atoms with Crippen molar-refractivity contribution in [1.82, 2.24) is 19.8 Å². The zero-order valence-corrected chi connectivity index (χ0v) is 17.3. The minimum atomic E-state index is -0.454. The molecule has 1 aliphatic carbocycles. The fourth-order valence-electron chi connectivity index (χ4n) is 4.62. The Morgan fingerprint density at radius 1 is 1.13 bits per heavy atom. The Kier molecular flexibility index (Phi) is 5.08. The fraction of sp³-hybridized carbons (Fsp3) is 0.478. The molecule has 0 radical (unpaired) electrons. The van der Waals surface area contributed by atoms with E-state index in [1.807, 2.05) is 0 Å². The highest BCUT2D eigenvalue weighted by molar-refractivity contribution is 5.94. The first-order valence-electron chi connectivity index (χ1n) is 11.0. The predicted molar refractivity (Wildman–Crippen MR) is 111 cm³/mol. The monoisotopic (exact) mass is 424 g/mol. The molecule has 2 aromatic rings. The number of fused-ring (bicyclic) bond motifs is 1. The van der Waals surface area contributed by atoms with Gasteiger partial charge in [-0.15, -0.1) is 0 Å². The zero-order chi connectivity index (χ0) is 21.5. The normalized spacial score (nSPS) is 21.0. The first kappa shape index (κ1) is 19.9. The number of rotatable bonds is 3. The third-order valence-corrected chi connectivity index (χ3v) is 6.48. The second kappa shape index (κ2) is 7.90. The topological polar surface area (TPSA) is 86.4 Å². The number of nitrogens with zero attached hydrogens (tertiary/aromatic N) is 3. The number of likely N-dealkylation sites (tertiary alicyclic amines) is 1. The summed E-state index contributed by atoms with van der Waals surface area (Å²) in [5, 5.41) is 0. The van der Waals surface area contributed by atoms with Crippen molar-refractivity contribution in [1.29, 1.82) is 0 Å². The van der Waals surface area contributed by atoms with Gasteiger partial charge in [-0.3, -0.25) is 14.4 Å². The van der Waals surface area contributed by atoms with Gasteiger partial charge in [-0.05, 0) is 50.3 Å². The number of benzene rings is 1. The van der Waals surface area contributed by atoms with E-state index in [4.69, 9.17) is 4.98 Å². The molecule has 1 N–H and O–H groups in total. The molecule has 0 bridgehead atoms. The molecule has 162 valence electrons. The van der Waals surface area contributed by atoms with Crippen LogP contribution in [0.1, 0.15) is 65.6 Å². The number of carbonyl (C=O) groups is 2. The van der Waals surface area contributed by atoms with E-state index in [-0.39, 0.29) is 29.3 Å². The molecule has 3 heterocycles. The number of hydrogen-bond acceptors (Lipinski definition) is 4. The molecule has 2 fully saturated rings. The molecular weight excluding hydrogens is 399 g/mol. The van der Waals surface area contributed by atoms with Gasteiger partial charge in [0.2, 0.25) is 5.91 Å². The molecule has 1 unspecified atom stereocenters. The van der Waals surface area contributed by atoms with Crippen molar-refractivity contribution in [3.63, 3.8) is 0 Å². The van der Waals surface area contributed by atoms with Crippen molar-refractivity contribution < 1.29 is 14.0 Å². The summed E-state index contributed by atoms with van der Waals surface area (Å²) in [4.78, 5) is 49.4. The molecule has 31 heavy (non-hydrogen) atoms. The summed E-state index contributed by atoms with van der Waals surface area (Å²) in [7, 11) is 0. The number of nitrogens with one attached hydrogen (secondary N) is 1. The van der Waals surface area contributed by atoms with E-state index in [0.717, 1.165) is 25.7 Å². The van der Waals surface area contributed by atoms with Crippen LogP contribution in [-0.2, 0) is 17.8 Å². The summed E-state index contributed by atoms with van der Waals surface area (Å²) < 4.78 is 13.6. The Balaban J connectivity index is 1.42. The highest BCUT2D eigenvalue weighted by Gasteiger charge is 2.36. The van der Waals surface area contributed by atoms with E-state index in [1.165, 1.54) is 18.2 Å². The van der Waals surface area contributed by atoms with E-state index in [0.29, 0.717) is 55.1 Å². The van der Waals surface area contributed by atoms with Crippen LogP contribution in [0.2, 0.25) is 0 Å². The number of piperidine rings is 1. The molecule has 1 saturated heterocycles. The third-order valence-electron chi connectivity index (χ3n) is 6.48. The summed E-state index contributed by atoms with van der Waals surface area (Å²) >= 11 is 0. The van der Waals surface area contributed by atoms with Crippen LogP contribution in [0.4, 0.5) is 4.39 Å². The first-order valence-corrected chi connectivity index (χ1v) is 11.0. The maximum Gasteiger partial charge on any atom is 0.256 e. The number of halogens is 1. The molecule has 0 spiro atoms. The Morgan fingerprint density at radius 2 is 1.97 bits per heavy atom. The minimum Gasteiger partial charge on any atom is -0.337 e. The molecule has 1 aromatic carbocycles. The lowest BCUT2D eigenvalue weighted by atomic mass is 9.99. The van der Waals surface area contributed by atoms with Crippen LogP contribution in [0.3, 0.4) is 0 Å². The van der Waals surface area contributed by atoms with Crippen LogP contribution in [0.15, 0.2) is 29.1 Å². The van der Waals surface area contributed by atoms with E-state index in [9.17, 15) is 18.8 Å². The number of H-pyrrole nitrogens is 1. The van der Waals surface area contributed by atoms with E-state index >= 15 is 0 Å². The van der Waals surface area contributed by atoms with Crippen LogP contribution >= 0.6 is 0 Å². The SMILES string of the molecule is O=C(C1CC1)N1CCc2nc(C3CCCCN3C(=O)c3cccc(F)c3)[nH]c(=O)c2C1. The third kappa shape index (κ3) is 3.86. The summed E-state index contributed by atoms with van der Waals surface area (Å²) in [6.45, 7) is 1.39. The summed E-state index contributed by atoms with van der Waals surface area (Å²) in [6, 6.07) is 5.32. The Hall–Kier alpha value is -3.03. The lowest BCUT2D eigenvalue weighted by Crippen LogP contribution is -2.43. The summed E-state index contributed by atoms with van der Waals surface area (Å²) in [5.74, 6) is 0.0248. The highest BCUT2D eigenvalue weighted by Crippen LogP contribution is 2.33. The van der Waals surface area contributed by atoms with Gasteiger partial charge in [0.25, 0.3) is 11.5 Å². The highest BCUT2D eigenvalue weighted by atomic mass is 19.1. The molecule has 5 rings (SSSR count). The van der Waals surface area contributed by atoms with Gasteiger partial charge in [0.05, 0.1) is 23.8 Å². The standard InChI is InChI=1S/C23H25FN4O3/c24-16-5-3-4-15(12-16)23(31)28-10-2-1-6-19(28)20-25-18-9-11-27(22(30)14-7-8-14)13-17(18)21(29)26-20/h3-5,12,14,19H,1-2,6-11,13H2,(H,25,26,29). The Morgan fingerprint density at radius 3 is 2.74 bits per heavy atom. The number of aromatic nitrogens is 2. The van der Waals surface area contributed by atoms with Gasteiger partial charge in [0, 0.05) is 31.0 Å². The van der Waals surface area contributed by atoms with Gasteiger partial charge in [0.15, 0.2) is 0 Å². The minimum absolute atomic E-state index is 0.123. The lowest BCUT2D eigenvalue weighted by Gasteiger charge is -2.36. The average molecular weight is 424 g/mol. The number of aromatic amines is 1. The van der Waals surface area contributed by atoms with Crippen LogP contribution in [0, 0.1) is 11.7 Å². The van der Waals surface area contributed by atoms with Crippen LogP contribution in [-0.4, -0.2) is 44.7 Å². The summed E-state index contributed by atoms with van der Waals surface area (Å²) in [6.07, 6.45) is 4.87. The average Bonchev–Trinajstić information content (AvgIpc) is 3.63. The molecule has 2 amide bonds. The number of hydrogen-bond donors (Lipinski definition) is 1. The largest absolute Gasteiger partial charge is 0.337 e. The van der Waals surface area contributed by atoms with Gasteiger partial charge in [0.1, 0.15) is 11.6 Å². The van der Waals surface area contributed by atoms with Gasteiger partial charge >= 0.3 is 0 Å². The molecule has 2 aliphatic heterocycles. The fourth-order valence-corrected chi connectivity index (χ4v) is 4.62. The lowest BCUT2D eigenvalue weighted by molar-refractivity contribution is -0.133. The number of amides is 2. The van der Waals surface area contributed by atoms with E-state index in [1.54, 1.807) is 15.9 Å². The van der Waals surface area contributed by atoms with Crippen molar-refractivity contribution >= 4 is 11.8 Å². The van der Waals surface area contributed by atoms with Crippen molar-refractivity contribution in [3.05, 3.63) is 63.1 Å². The quantitative estimate of drug-likeness (QED) is 0.821. The van der Waals surface area contributed by atoms with E-state index < -0.39 is 5.82 Å². The van der Waals surface area contributed by atoms with Crippen LogP contribution in [0.25, 0.3) is 0 Å². The molecule has 1 atom stereocenters. The molecular formula is C23H25FN4O3. The predicted octanol–water partition coefficient (Wildman–Crippen LogP) is 2.57. The molecule has 7 nitrogen and oxygen atoms in total. The maximum atomic E-state index is 13.6. The Bertz CT molecular complexity index is 1090. The number of carbonyl (C=O) groups excluding carboxylic acids is 2. The second-order valence-corrected chi connectivity index (χ2v) is 8.68. The second-order valence-electron chi connectivity index (χ2n) is 8.68.